The molecule has 0 saturated heterocycles. The average Bonchev–Trinajstić information content (AvgIpc) is 2.80. The molecular weight excluding hydrogens is 314 g/mol. The summed E-state index contributed by atoms with van der Waals surface area (Å²) < 4.78 is 3.12. The van der Waals surface area contributed by atoms with Crippen LogP contribution in [0.4, 0.5) is 5.82 Å². The SMILES string of the molecule is CC(C)(C)c1ccc(C2CCNc3c(Br)cnn32)cc1. The Morgan fingerprint density at radius 2 is 1.95 bits per heavy atom. The summed E-state index contributed by atoms with van der Waals surface area (Å²) in [6.45, 7) is 7.72. The van der Waals surface area contributed by atoms with Crippen molar-refractivity contribution in [1.82, 2.24) is 9.78 Å². The highest BCUT2D eigenvalue weighted by Crippen LogP contribution is 2.34. The van der Waals surface area contributed by atoms with Crippen LogP contribution in [0.15, 0.2) is 34.9 Å². The van der Waals surface area contributed by atoms with Crippen LogP contribution in [0.2, 0.25) is 0 Å². The average molecular weight is 334 g/mol. The minimum atomic E-state index is 0.201. The lowest BCUT2D eigenvalue weighted by atomic mass is 9.86. The summed E-state index contributed by atoms with van der Waals surface area (Å²) in [7, 11) is 0. The number of hydrogen-bond acceptors (Lipinski definition) is 2. The van der Waals surface area contributed by atoms with Gasteiger partial charge in [-0.15, -0.1) is 0 Å². The molecule has 1 unspecified atom stereocenters. The predicted octanol–water partition coefficient (Wildman–Crippen LogP) is 4.35. The van der Waals surface area contributed by atoms with Crippen molar-refractivity contribution in [3.05, 3.63) is 46.1 Å². The van der Waals surface area contributed by atoms with Crippen molar-refractivity contribution < 1.29 is 0 Å². The van der Waals surface area contributed by atoms with Crippen molar-refractivity contribution in [2.45, 2.75) is 38.6 Å². The molecule has 4 heteroatoms. The van der Waals surface area contributed by atoms with Crippen molar-refractivity contribution in [3.8, 4) is 0 Å². The van der Waals surface area contributed by atoms with E-state index in [2.05, 4.69) is 76.1 Å². The number of benzene rings is 1. The van der Waals surface area contributed by atoms with Crippen LogP contribution in [0.3, 0.4) is 0 Å². The molecule has 3 nitrogen and oxygen atoms in total. The molecule has 1 aliphatic rings. The Hall–Kier alpha value is -1.29. The van der Waals surface area contributed by atoms with Crippen molar-refractivity contribution >= 4 is 21.7 Å². The van der Waals surface area contributed by atoms with Crippen LogP contribution in [-0.2, 0) is 5.41 Å². The second-order valence-electron chi connectivity index (χ2n) is 6.39. The number of nitrogens with one attached hydrogen (secondary N) is 1. The topological polar surface area (TPSA) is 29.9 Å². The molecule has 0 aliphatic carbocycles. The lowest BCUT2D eigenvalue weighted by Gasteiger charge is -2.27. The van der Waals surface area contributed by atoms with Gasteiger partial charge in [0.1, 0.15) is 5.82 Å². The molecule has 0 fully saturated rings. The molecule has 1 aromatic heterocycles. The van der Waals surface area contributed by atoms with Crippen molar-refractivity contribution in [2.24, 2.45) is 0 Å². The zero-order valence-corrected chi connectivity index (χ0v) is 13.7. The van der Waals surface area contributed by atoms with Gasteiger partial charge in [-0.05, 0) is 38.9 Å². The molecule has 1 atom stereocenters. The minimum Gasteiger partial charge on any atom is -0.369 e. The number of aromatic nitrogens is 2. The van der Waals surface area contributed by atoms with Gasteiger partial charge >= 0.3 is 0 Å². The van der Waals surface area contributed by atoms with E-state index in [1.807, 2.05) is 6.20 Å². The molecule has 1 N–H and O–H groups in total. The zero-order valence-electron chi connectivity index (χ0n) is 12.2. The standard InChI is InChI=1S/C16H20BrN3/c1-16(2,3)12-6-4-11(5-7-12)14-8-9-18-15-13(17)10-19-20(14)15/h4-7,10,14,18H,8-9H2,1-3H3. The Balaban J connectivity index is 1.95. The maximum Gasteiger partial charge on any atom is 0.139 e. The van der Waals surface area contributed by atoms with E-state index in [1.54, 1.807) is 0 Å². The number of hydrogen-bond donors (Lipinski definition) is 1. The summed E-state index contributed by atoms with van der Waals surface area (Å²) >= 11 is 3.54. The first-order valence-corrected chi connectivity index (χ1v) is 7.83. The minimum absolute atomic E-state index is 0.201. The van der Waals surface area contributed by atoms with Gasteiger partial charge in [0.2, 0.25) is 0 Å². The van der Waals surface area contributed by atoms with E-state index in [-0.39, 0.29) is 5.41 Å². The maximum absolute atomic E-state index is 4.49. The molecule has 1 aromatic carbocycles. The van der Waals surface area contributed by atoms with Crippen molar-refractivity contribution in [3.63, 3.8) is 0 Å². The highest BCUT2D eigenvalue weighted by atomic mass is 79.9. The summed E-state index contributed by atoms with van der Waals surface area (Å²) in [5.41, 5.74) is 2.90. The van der Waals surface area contributed by atoms with E-state index in [0.29, 0.717) is 6.04 Å². The van der Waals surface area contributed by atoms with Gasteiger partial charge in [-0.1, -0.05) is 45.0 Å². The first kappa shape index (κ1) is 13.7. The summed E-state index contributed by atoms with van der Waals surface area (Å²) in [5, 5.41) is 7.89. The number of halogens is 1. The van der Waals surface area contributed by atoms with Gasteiger partial charge in [-0.2, -0.15) is 5.10 Å². The molecule has 0 spiro atoms. The fourth-order valence-corrected chi connectivity index (χ4v) is 3.12. The highest BCUT2D eigenvalue weighted by molar-refractivity contribution is 9.10. The summed E-state index contributed by atoms with van der Waals surface area (Å²) in [6, 6.07) is 9.31. The normalized spacial score (nSPS) is 18.5. The molecule has 1 aliphatic heterocycles. The highest BCUT2D eigenvalue weighted by Gasteiger charge is 2.24. The number of fused-ring (bicyclic) bond motifs is 1. The van der Waals surface area contributed by atoms with Crippen LogP contribution in [0.5, 0.6) is 0 Å². The Bertz CT molecular complexity index is 608. The molecular formula is C16H20BrN3. The van der Waals surface area contributed by atoms with Crippen LogP contribution in [-0.4, -0.2) is 16.3 Å². The number of rotatable bonds is 1. The predicted molar refractivity (Wildman–Crippen MR) is 86.3 cm³/mol. The lowest BCUT2D eigenvalue weighted by Crippen LogP contribution is -2.24. The monoisotopic (exact) mass is 333 g/mol. The van der Waals surface area contributed by atoms with E-state index in [0.717, 1.165) is 23.3 Å². The van der Waals surface area contributed by atoms with Crippen molar-refractivity contribution in [2.75, 3.05) is 11.9 Å². The van der Waals surface area contributed by atoms with E-state index in [9.17, 15) is 0 Å². The van der Waals surface area contributed by atoms with Gasteiger partial charge in [-0.3, -0.25) is 0 Å². The first-order chi connectivity index (χ1) is 9.47. The summed E-state index contributed by atoms with van der Waals surface area (Å²) in [6.07, 6.45) is 2.93. The third kappa shape index (κ3) is 2.37. The zero-order chi connectivity index (χ0) is 14.3. The Labute approximate surface area is 128 Å². The molecule has 0 bridgehead atoms. The number of nitrogens with zero attached hydrogens (tertiary/aromatic N) is 2. The van der Waals surface area contributed by atoms with Gasteiger partial charge in [0.25, 0.3) is 0 Å². The number of anilines is 1. The molecule has 20 heavy (non-hydrogen) atoms. The van der Waals surface area contributed by atoms with E-state index in [4.69, 9.17) is 0 Å². The smallest absolute Gasteiger partial charge is 0.139 e. The fourth-order valence-electron chi connectivity index (χ4n) is 2.71. The van der Waals surface area contributed by atoms with E-state index < -0.39 is 0 Å². The second kappa shape index (κ2) is 4.92. The summed E-state index contributed by atoms with van der Waals surface area (Å²) in [5.74, 6) is 1.08. The molecule has 106 valence electrons. The van der Waals surface area contributed by atoms with E-state index in [1.165, 1.54) is 11.1 Å². The third-order valence-corrected chi connectivity index (χ3v) is 4.50. The van der Waals surface area contributed by atoms with E-state index >= 15 is 0 Å². The molecule has 0 amide bonds. The Morgan fingerprint density at radius 3 is 2.60 bits per heavy atom. The lowest BCUT2D eigenvalue weighted by molar-refractivity contribution is 0.481. The Kier molecular flexibility index (Phi) is 3.36. The molecule has 0 saturated carbocycles. The second-order valence-corrected chi connectivity index (χ2v) is 7.24. The van der Waals surface area contributed by atoms with Gasteiger partial charge in [-0.25, -0.2) is 4.68 Å². The van der Waals surface area contributed by atoms with Gasteiger partial charge in [0.05, 0.1) is 16.7 Å². The maximum atomic E-state index is 4.49. The Morgan fingerprint density at radius 1 is 1.25 bits per heavy atom. The molecule has 2 heterocycles. The largest absolute Gasteiger partial charge is 0.369 e. The van der Waals surface area contributed by atoms with Crippen LogP contribution in [0.1, 0.15) is 44.4 Å². The van der Waals surface area contributed by atoms with Crippen LogP contribution >= 0.6 is 15.9 Å². The van der Waals surface area contributed by atoms with Gasteiger partial charge < -0.3 is 5.32 Å². The van der Waals surface area contributed by atoms with Crippen LogP contribution < -0.4 is 5.32 Å². The molecule has 3 rings (SSSR count). The quantitative estimate of drug-likeness (QED) is 0.840. The first-order valence-electron chi connectivity index (χ1n) is 7.04. The van der Waals surface area contributed by atoms with Gasteiger partial charge in [0.15, 0.2) is 0 Å². The van der Waals surface area contributed by atoms with Crippen LogP contribution in [0.25, 0.3) is 0 Å². The fraction of sp³-hybridized carbons (Fsp3) is 0.438. The molecule has 0 radical (unpaired) electrons. The van der Waals surface area contributed by atoms with Crippen molar-refractivity contribution in [1.29, 1.82) is 0 Å². The van der Waals surface area contributed by atoms with Gasteiger partial charge in [0, 0.05) is 6.54 Å². The molecule has 2 aromatic rings. The third-order valence-electron chi connectivity index (χ3n) is 3.92. The summed E-state index contributed by atoms with van der Waals surface area (Å²) in [4.78, 5) is 0. The van der Waals surface area contributed by atoms with Crippen LogP contribution in [0, 0.1) is 0 Å².